The molecule has 0 bridgehead atoms. The molecule has 0 aliphatic carbocycles. The number of carbonyl (C=O) groups excluding carboxylic acids is 2. The molecule has 2 aromatic carbocycles. The van der Waals surface area contributed by atoms with E-state index in [1.165, 1.54) is 0 Å². The van der Waals surface area contributed by atoms with Crippen LogP contribution in [0.15, 0.2) is 42.5 Å². The zero-order valence-electron chi connectivity index (χ0n) is 13.7. The van der Waals surface area contributed by atoms with Gasteiger partial charge in [0.1, 0.15) is 11.9 Å². The van der Waals surface area contributed by atoms with E-state index in [0.29, 0.717) is 23.4 Å². The summed E-state index contributed by atoms with van der Waals surface area (Å²) >= 11 is 0. The number of hydrogen-bond acceptors (Lipinski definition) is 4. The van der Waals surface area contributed by atoms with Crippen molar-refractivity contribution in [3.05, 3.63) is 59.2 Å². The van der Waals surface area contributed by atoms with E-state index in [1.54, 1.807) is 37.3 Å². The molecular weight excluding hydrogens is 306 g/mol. The predicted octanol–water partition coefficient (Wildman–Crippen LogP) is 3.44. The van der Waals surface area contributed by atoms with Crippen molar-refractivity contribution < 1.29 is 19.1 Å². The maximum Gasteiger partial charge on any atom is 0.338 e. The SMILES string of the molecule is CCOC(=O)c1ccc(NC(=O)c2ccc3c(c2)C[C@@H](C)O3)cc1. The van der Waals surface area contributed by atoms with Gasteiger partial charge in [-0.1, -0.05) is 0 Å². The Bertz CT molecular complexity index is 767. The van der Waals surface area contributed by atoms with E-state index in [4.69, 9.17) is 9.47 Å². The van der Waals surface area contributed by atoms with Crippen molar-refractivity contribution in [3.8, 4) is 5.75 Å². The molecule has 1 heterocycles. The molecule has 0 saturated heterocycles. The Kier molecular flexibility index (Phi) is 4.51. The summed E-state index contributed by atoms with van der Waals surface area (Å²) in [5, 5.41) is 2.83. The second-order valence-corrected chi connectivity index (χ2v) is 5.71. The van der Waals surface area contributed by atoms with Crippen LogP contribution < -0.4 is 10.1 Å². The van der Waals surface area contributed by atoms with Crippen molar-refractivity contribution in [2.45, 2.75) is 26.4 Å². The van der Waals surface area contributed by atoms with Gasteiger partial charge in [-0.3, -0.25) is 4.79 Å². The molecule has 0 aromatic heterocycles. The average Bonchev–Trinajstić information content (AvgIpc) is 2.94. The van der Waals surface area contributed by atoms with E-state index in [2.05, 4.69) is 5.32 Å². The lowest BCUT2D eigenvalue weighted by Crippen LogP contribution is -2.12. The van der Waals surface area contributed by atoms with Gasteiger partial charge in [0.05, 0.1) is 12.2 Å². The van der Waals surface area contributed by atoms with Gasteiger partial charge in [-0.25, -0.2) is 4.79 Å². The van der Waals surface area contributed by atoms with Gasteiger partial charge in [-0.15, -0.1) is 0 Å². The molecule has 0 unspecified atom stereocenters. The van der Waals surface area contributed by atoms with Gasteiger partial charge in [0.15, 0.2) is 0 Å². The molecule has 24 heavy (non-hydrogen) atoms. The second-order valence-electron chi connectivity index (χ2n) is 5.71. The van der Waals surface area contributed by atoms with Crippen LogP contribution in [0.25, 0.3) is 0 Å². The van der Waals surface area contributed by atoms with Crippen LogP contribution in [-0.2, 0) is 11.2 Å². The molecule has 0 saturated carbocycles. The summed E-state index contributed by atoms with van der Waals surface area (Å²) in [6, 6.07) is 12.1. The summed E-state index contributed by atoms with van der Waals surface area (Å²) in [7, 11) is 0. The molecule has 5 nitrogen and oxygen atoms in total. The third-order valence-electron chi connectivity index (χ3n) is 3.81. The first-order valence-electron chi connectivity index (χ1n) is 7.95. The monoisotopic (exact) mass is 325 g/mol. The topological polar surface area (TPSA) is 64.6 Å². The van der Waals surface area contributed by atoms with Gasteiger partial charge in [0.25, 0.3) is 5.91 Å². The van der Waals surface area contributed by atoms with E-state index in [1.807, 2.05) is 19.1 Å². The zero-order chi connectivity index (χ0) is 17.1. The van der Waals surface area contributed by atoms with Gasteiger partial charge in [-0.05, 0) is 61.9 Å². The van der Waals surface area contributed by atoms with E-state index in [-0.39, 0.29) is 18.0 Å². The number of nitrogens with one attached hydrogen (secondary N) is 1. The van der Waals surface area contributed by atoms with Crippen LogP contribution >= 0.6 is 0 Å². The quantitative estimate of drug-likeness (QED) is 0.875. The average molecular weight is 325 g/mol. The first-order chi connectivity index (χ1) is 11.6. The molecule has 2 aromatic rings. The standard InChI is InChI=1S/C19H19NO4/c1-3-23-19(22)13-4-7-16(8-5-13)20-18(21)14-6-9-17-15(11-14)10-12(2)24-17/h4-9,11-12H,3,10H2,1-2H3,(H,20,21)/t12-/m1/s1. The Labute approximate surface area is 140 Å². The lowest BCUT2D eigenvalue weighted by atomic mass is 10.1. The van der Waals surface area contributed by atoms with Gasteiger partial charge >= 0.3 is 5.97 Å². The molecule has 5 heteroatoms. The van der Waals surface area contributed by atoms with Crippen molar-refractivity contribution >= 4 is 17.6 Å². The van der Waals surface area contributed by atoms with E-state index >= 15 is 0 Å². The van der Waals surface area contributed by atoms with Crippen LogP contribution in [-0.4, -0.2) is 24.6 Å². The van der Waals surface area contributed by atoms with Crippen molar-refractivity contribution in [2.75, 3.05) is 11.9 Å². The number of anilines is 1. The number of fused-ring (bicyclic) bond motifs is 1. The van der Waals surface area contributed by atoms with Gasteiger partial charge in [-0.2, -0.15) is 0 Å². The van der Waals surface area contributed by atoms with Gasteiger partial charge < -0.3 is 14.8 Å². The highest BCUT2D eigenvalue weighted by molar-refractivity contribution is 6.04. The number of amides is 1. The highest BCUT2D eigenvalue weighted by Crippen LogP contribution is 2.29. The number of benzene rings is 2. The Morgan fingerprint density at radius 3 is 2.58 bits per heavy atom. The van der Waals surface area contributed by atoms with Crippen LogP contribution in [0.1, 0.15) is 40.1 Å². The Hall–Kier alpha value is -2.82. The summed E-state index contributed by atoms with van der Waals surface area (Å²) in [5.74, 6) is 0.280. The smallest absolute Gasteiger partial charge is 0.338 e. The molecule has 1 atom stereocenters. The lowest BCUT2D eigenvalue weighted by molar-refractivity contribution is 0.0526. The third kappa shape index (κ3) is 3.40. The molecule has 1 aliphatic rings. The van der Waals surface area contributed by atoms with E-state index in [0.717, 1.165) is 17.7 Å². The highest BCUT2D eigenvalue weighted by Gasteiger charge is 2.20. The van der Waals surface area contributed by atoms with Crippen LogP contribution in [0.5, 0.6) is 5.75 Å². The normalized spacial score (nSPS) is 15.3. The van der Waals surface area contributed by atoms with E-state index < -0.39 is 0 Å². The maximum atomic E-state index is 12.4. The molecule has 124 valence electrons. The fourth-order valence-corrected chi connectivity index (χ4v) is 2.67. The molecule has 0 radical (unpaired) electrons. The Morgan fingerprint density at radius 1 is 1.17 bits per heavy atom. The summed E-state index contributed by atoms with van der Waals surface area (Å²) in [6.07, 6.45) is 0.957. The molecule has 0 fully saturated rings. The lowest BCUT2D eigenvalue weighted by Gasteiger charge is -2.07. The zero-order valence-corrected chi connectivity index (χ0v) is 13.7. The van der Waals surface area contributed by atoms with Crippen molar-refractivity contribution in [3.63, 3.8) is 0 Å². The minimum Gasteiger partial charge on any atom is -0.490 e. The fourth-order valence-electron chi connectivity index (χ4n) is 2.67. The molecule has 1 aliphatic heterocycles. The van der Waals surface area contributed by atoms with Crippen LogP contribution in [0.2, 0.25) is 0 Å². The summed E-state index contributed by atoms with van der Waals surface area (Å²) < 4.78 is 10.6. The highest BCUT2D eigenvalue weighted by atomic mass is 16.5. The summed E-state index contributed by atoms with van der Waals surface area (Å²) in [6.45, 7) is 4.09. The van der Waals surface area contributed by atoms with Crippen molar-refractivity contribution in [1.29, 1.82) is 0 Å². The van der Waals surface area contributed by atoms with Crippen molar-refractivity contribution in [1.82, 2.24) is 0 Å². The number of carbonyl (C=O) groups is 2. The number of rotatable bonds is 4. The number of hydrogen-bond donors (Lipinski definition) is 1. The minimum atomic E-state index is -0.372. The second kappa shape index (κ2) is 6.74. The molecule has 3 rings (SSSR count). The molecule has 1 amide bonds. The maximum absolute atomic E-state index is 12.4. The molecular formula is C19H19NO4. The predicted molar refractivity (Wildman–Crippen MR) is 90.6 cm³/mol. The van der Waals surface area contributed by atoms with Crippen LogP contribution in [0, 0.1) is 0 Å². The van der Waals surface area contributed by atoms with Gasteiger partial charge in [0, 0.05) is 17.7 Å². The number of ether oxygens (including phenoxy) is 2. The molecule has 1 N–H and O–H groups in total. The van der Waals surface area contributed by atoms with Crippen LogP contribution in [0.3, 0.4) is 0 Å². The number of esters is 1. The Morgan fingerprint density at radius 2 is 1.88 bits per heavy atom. The largest absolute Gasteiger partial charge is 0.490 e. The summed E-state index contributed by atoms with van der Waals surface area (Å²) in [4.78, 5) is 24.0. The fraction of sp³-hybridized carbons (Fsp3) is 0.263. The van der Waals surface area contributed by atoms with Crippen molar-refractivity contribution in [2.24, 2.45) is 0 Å². The van der Waals surface area contributed by atoms with Crippen LogP contribution in [0.4, 0.5) is 5.69 Å². The molecule has 0 spiro atoms. The van der Waals surface area contributed by atoms with E-state index in [9.17, 15) is 9.59 Å². The first kappa shape index (κ1) is 16.1. The third-order valence-corrected chi connectivity index (χ3v) is 3.81. The first-order valence-corrected chi connectivity index (χ1v) is 7.95. The Balaban J connectivity index is 1.69. The van der Waals surface area contributed by atoms with Gasteiger partial charge in [0.2, 0.25) is 0 Å². The summed E-state index contributed by atoms with van der Waals surface area (Å²) in [5.41, 5.74) is 2.71. The minimum absolute atomic E-state index is 0.147.